The number of aldehydes is 1. The zero-order valence-corrected chi connectivity index (χ0v) is 33.3. The van der Waals surface area contributed by atoms with E-state index in [9.17, 15) is 14.4 Å². The van der Waals surface area contributed by atoms with Crippen LogP contribution in [0.25, 0.3) is 0 Å². The van der Waals surface area contributed by atoms with E-state index < -0.39 is 0 Å². The average molecular weight is 741 g/mol. The SMILES string of the molecule is CNC(=O)CCCOc1ccc(C=O)c(OC)c1.CNC(=O)CCCOc1ccc(CN[C@@H](C)C2CCCCC2)c(OC)c1.C[C@H](N)C1CCCCC1. The number of nitrogens with one attached hydrogen (secondary N) is 3. The molecule has 0 saturated heterocycles. The van der Waals surface area contributed by atoms with Gasteiger partial charge in [0.15, 0.2) is 6.29 Å². The summed E-state index contributed by atoms with van der Waals surface area (Å²) in [5.41, 5.74) is 7.39. The fourth-order valence-electron chi connectivity index (χ4n) is 6.67. The molecule has 0 unspecified atom stereocenters. The van der Waals surface area contributed by atoms with E-state index in [4.69, 9.17) is 24.7 Å². The molecule has 2 aliphatic carbocycles. The lowest BCUT2D eigenvalue weighted by atomic mass is 9.84. The summed E-state index contributed by atoms with van der Waals surface area (Å²) < 4.78 is 21.8. The molecule has 0 aromatic heterocycles. The third kappa shape index (κ3) is 18.2. The predicted octanol–water partition coefficient (Wildman–Crippen LogP) is 6.99. The van der Waals surface area contributed by atoms with Crippen LogP contribution < -0.4 is 40.6 Å². The average Bonchev–Trinajstić information content (AvgIpc) is 3.21. The van der Waals surface area contributed by atoms with Crippen molar-refractivity contribution in [3.05, 3.63) is 47.5 Å². The van der Waals surface area contributed by atoms with Gasteiger partial charge < -0.3 is 40.6 Å². The summed E-state index contributed by atoms with van der Waals surface area (Å²) in [4.78, 5) is 32.9. The number of carbonyl (C=O) groups is 3. The Balaban J connectivity index is 0.000000309. The molecular formula is C42H68N4O7. The van der Waals surface area contributed by atoms with Gasteiger partial charge in [-0.2, -0.15) is 0 Å². The Hall–Kier alpha value is -3.83. The van der Waals surface area contributed by atoms with Crippen LogP contribution in [0, 0.1) is 11.8 Å². The first-order valence-corrected chi connectivity index (χ1v) is 19.6. The van der Waals surface area contributed by atoms with Crippen LogP contribution in [0.1, 0.15) is 120 Å². The maximum atomic E-state index is 11.2. The molecule has 2 aromatic rings. The lowest BCUT2D eigenvalue weighted by Crippen LogP contribution is -2.34. The first-order chi connectivity index (χ1) is 25.6. The van der Waals surface area contributed by atoms with Crippen molar-refractivity contribution in [1.82, 2.24) is 16.0 Å². The van der Waals surface area contributed by atoms with Gasteiger partial charge in [0.2, 0.25) is 11.8 Å². The Bertz CT molecular complexity index is 1330. The van der Waals surface area contributed by atoms with Gasteiger partial charge in [-0.05, 0) is 82.4 Å². The molecule has 0 bridgehead atoms. The van der Waals surface area contributed by atoms with Crippen molar-refractivity contribution in [2.45, 2.75) is 122 Å². The molecule has 4 rings (SSSR count). The minimum atomic E-state index is -0.00696. The minimum Gasteiger partial charge on any atom is -0.496 e. The summed E-state index contributed by atoms with van der Waals surface area (Å²) >= 11 is 0. The highest BCUT2D eigenvalue weighted by Crippen LogP contribution is 2.29. The Kier molecular flexibility index (Phi) is 23.0. The number of ether oxygens (including phenoxy) is 4. The molecule has 2 fully saturated rings. The van der Waals surface area contributed by atoms with Crippen molar-refractivity contribution in [3.8, 4) is 23.0 Å². The van der Waals surface area contributed by atoms with Gasteiger partial charge in [0.25, 0.3) is 0 Å². The summed E-state index contributed by atoms with van der Waals surface area (Å²) in [6.07, 6.45) is 16.8. The number of amides is 2. The number of rotatable bonds is 18. The standard InChI is InChI=1S/C21H34N2O3.C13H17NO4.C8H17N/c1-16(17-8-5-4-6-9-17)23-15-18-11-12-19(14-20(18)25-3)26-13-7-10-21(24)22-2;1-14-13(16)4-3-7-18-11-6-5-10(9-15)12(8-11)17-2;1-7(9)8-5-3-2-4-6-8/h11-12,14,16-17,23H,4-10,13,15H2,1-3H3,(H,22,24);5-6,8-9H,3-4,7H2,1-2H3,(H,14,16);7-8H,2-6,9H2,1H3/t16-;;7-/m0.0/s1. The number of hydrogen-bond donors (Lipinski definition) is 4. The molecule has 0 spiro atoms. The number of benzene rings is 2. The number of methoxy groups -OCH3 is 2. The summed E-state index contributed by atoms with van der Waals surface area (Å²) in [5.74, 6) is 4.38. The van der Waals surface area contributed by atoms with E-state index in [1.54, 1.807) is 39.4 Å². The first kappa shape index (κ1) is 45.3. The fraction of sp³-hybridized carbons (Fsp3) is 0.643. The second-order valence-corrected chi connectivity index (χ2v) is 14.1. The van der Waals surface area contributed by atoms with Crippen LogP contribution in [-0.4, -0.2) is 71.7 Å². The van der Waals surface area contributed by atoms with Crippen molar-refractivity contribution in [1.29, 1.82) is 0 Å². The van der Waals surface area contributed by atoms with E-state index >= 15 is 0 Å². The second kappa shape index (κ2) is 26.9. The topological polar surface area (TPSA) is 150 Å². The van der Waals surface area contributed by atoms with E-state index in [1.807, 2.05) is 12.1 Å². The molecule has 53 heavy (non-hydrogen) atoms. The highest BCUT2D eigenvalue weighted by Gasteiger charge is 2.20. The fourth-order valence-corrected chi connectivity index (χ4v) is 6.67. The van der Waals surface area contributed by atoms with E-state index in [-0.39, 0.29) is 11.8 Å². The van der Waals surface area contributed by atoms with Crippen LogP contribution in [-0.2, 0) is 16.1 Å². The summed E-state index contributed by atoms with van der Waals surface area (Å²) in [7, 11) is 6.44. The highest BCUT2D eigenvalue weighted by atomic mass is 16.5. The molecular weight excluding hydrogens is 672 g/mol. The molecule has 2 aromatic carbocycles. The van der Waals surface area contributed by atoms with E-state index in [1.165, 1.54) is 71.3 Å². The third-order valence-electron chi connectivity index (χ3n) is 10.1. The predicted molar refractivity (Wildman–Crippen MR) is 212 cm³/mol. The number of carbonyl (C=O) groups excluding carboxylic acids is 3. The van der Waals surface area contributed by atoms with E-state index in [2.05, 4.69) is 35.9 Å². The lowest BCUT2D eigenvalue weighted by molar-refractivity contribution is -0.121. The Morgan fingerprint density at radius 3 is 1.70 bits per heavy atom. The molecule has 0 radical (unpaired) electrons. The minimum absolute atomic E-state index is 0.00696. The van der Waals surface area contributed by atoms with Crippen molar-refractivity contribution < 1.29 is 33.3 Å². The molecule has 2 atom stereocenters. The van der Waals surface area contributed by atoms with Gasteiger partial charge in [-0.25, -0.2) is 0 Å². The summed E-state index contributed by atoms with van der Waals surface area (Å²) in [5, 5.41) is 8.83. The van der Waals surface area contributed by atoms with Crippen LogP contribution in [0.3, 0.4) is 0 Å². The second-order valence-electron chi connectivity index (χ2n) is 14.1. The smallest absolute Gasteiger partial charge is 0.219 e. The quantitative estimate of drug-likeness (QED) is 0.0938. The molecule has 5 N–H and O–H groups in total. The molecule has 0 aliphatic heterocycles. The van der Waals surface area contributed by atoms with Crippen molar-refractivity contribution in [2.75, 3.05) is 41.5 Å². The van der Waals surface area contributed by atoms with Crippen LogP contribution in [0.15, 0.2) is 36.4 Å². The van der Waals surface area contributed by atoms with Crippen LogP contribution in [0.2, 0.25) is 0 Å². The van der Waals surface area contributed by atoms with E-state index in [0.29, 0.717) is 68.0 Å². The maximum Gasteiger partial charge on any atom is 0.219 e. The van der Waals surface area contributed by atoms with Crippen molar-refractivity contribution >= 4 is 18.1 Å². The number of nitrogens with two attached hydrogens (primary N) is 1. The molecule has 2 aliphatic rings. The van der Waals surface area contributed by atoms with Crippen molar-refractivity contribution in [3.63, 3.8) is 0 Å². The van der Waals surface area contributed by atoms with E-state index in [0.717, 1.165) is 41.7 Å². The summed E-state index contributed by atoms with van der Waals surface area (Å²) in [6, 6.07) is 11.9. The van der Waals surface area contributed by atoms with Crippen LogP contribution in [0.4, 0.5) is 0 Å². The van der Waals surface area contributed by atoms with Crippen LogP contribution in [0.5, 0.6) is 23.0 Å². The lowest BCUT2D eigenvalue weighted by Gasteiger charge is -2.28. The largest absolute Gasteiger partial charge is 0.496 e. The van der Waals surface area contributed by atoms with Gasteiger partial charge in [0.05, 0.1) is 33.0 Å². The number of hydrogen-bond acceptors (Lipinski definition) is 9. The van der Waals surface area contributed by atoms with Gasteiger partial charge in [0, 0.05) is 63.3 Å². The Labute approximate surface area is 318 Å². The van der Waals surface area contributed by atoms with Gasteiger partial charge in [0.1, 0.15) is 23.0 Å². The van der Waals surface area contributed by atoms with Crippen LogP contribution >= 0.6 is 0 Å². The van der Waals surface area contributed by atoms with Gasteiger partial charge in [-0.1, -0.05) is 44.6 Å². The van der Waals surface area contributed by atoms with Crippen molar-refractivity contribution in [2.24, 2.45) is 17.6 Å². The van der Waals surface area contributed by atoms with Gasteiger partial charge >= 0.3 is 0 Å². The monoisotopic (exact) mass is 741 g/mol. The van der Waals surface area contributed by atoms with Gasteiger partial charge in [-0.15, -0.1) is 0 Å². The molecule has 298 valence electrons. The molecule has 0 heterocycles. The molecule has 11 nitrogen and oxygen atoms in total. The first-order valence-electron chi connectivity index (χ1n) is 19.6. The van der Waals surface area contributed by atoms with Gasteiger partial charge in [-0.3, -0.25) is 14.4 Å². The highest BCUT2D eigenvalue weighted by molar-refractivity contribution is 5.79. The summed E-state index contributed by atoms with van der Waals surface area (Å²) in [6.45, 7) is 6.20. The maximum absolute atomic E-state index is 11.2. The third-order valence-corrected chi connectivity index (χ3v) is 10.1. The molecule has 2 amide bonds. The molecule has 11 heteroatoms. The normalized spacial score (nSPS) is 15.6. The zero-order chi connectivity index (χ0) is 38.8. The Morgan fingerprint density at radius 1 is 0.755 bits per heavy atom. The Morgan fingerprint density at radius 2 is 1.25 bits per heavy atom. The zero-order valence-electron chi connectivity index (χ0n) is 33.3. The molecule has 2 saturated carbocycles.